The molecule has 5 nitrogen and oxygen atoms in total. The first kappa shape index (κ1) is 8.80. The predicted octanol–water partition coefficient (Wildman–Crippen LogP) is 0.409. The minimum atomic E-state index is -0.0260. The molecule has 2 N–H and O–H groups in total. The van der Waals surface area contributed by atoms with Gasteiger partial charge in [-0.15, -0.1) is 0 Å². The van der Waals surface area contributed by atoms with E-state index >= 15 is 0 Å². The minimum absolute atomic E-state index is 0.0260. The molecule has 0 aliphatic carbocycles. The van der Waals surface area contributed by atoms with Crippen LogP contribution in [0.4, 0.5) is 11.4 Å². The molecular formula is C9H11N3O2. The zero-order chi connectivity index (χ0) is 10.1. The van der Waals surface area contributed by atoms with Crippen molar-refractivity contribution in [3.05, 3.63) is 12.3 Å². The molecule has 5 heteroatoms. The van der Waals surface area contributed by atoms with Crippen LogP contribution in [0.3, 0.4) is 0 Å². The number of ether oxygens (including phenoxy) is 1. The molecule has 0 aromatic carbocycles. The van der Waals surface area contributed by atoms with Gasteiger partial charge in [0.1, 0.15) is 12.3 Å². The van der Waals surface area contributed by atoms with Crippen LogP contribution in [-0.2, 0) is 4.79 Å². The number of pyridine rings is 1. The average Bonchev–Trinajstić information content (AvgIpc) is 2.16. The van der Waals surface area contributed by atoms with Crippen molar-refractivity contribution in [2.75, 3.05) is 23.8 Å². The second-order valence-electron chi connectivity index (χ2n) is 3.11. The fourth-order valence-corrected chi connectivity index (χ4v) is 1.44. The Kier molecular flexibility index (Phi) is 1.99. The number of hydrogen-bond acceptors (Lipinski definition) is 4. The smallest absolute Gasteiger partial charge is 0.238 e. The maximum atomic E-state index is 11.3. The lowest BCUT2D eigenvalue weighted by Crippen LogP contribution is -2.36. The Hall–Kier alpha value is -1.78. The highest BCUT2D eigenvalue weighted by Gasteiger charge is 2.22. The van der Waals surface area contributed by atoms with Crippen LogP contribution in [0.15, 0.2) is 12.3 Å². The maximum absolute atomic E-state index is 11.3. The van der Waals surface area contributed by atoms with E-state index in [4.69, 9.17) is 10.5 Å². The highest BCUT2D eigenvalue weighted by atomic mass is 16.5. The topological polar surface area (TPSA) is 68.5 Å². The second kappa shape index (κ2) is 3.17. The standard InChI is InChI=1S/C9H11N3O2/c1-6(13)12-2-3-14-9-8(12)4-7(10)5-11-9/h4-5H,2-3,10H2,1H3. The summed E-state index contributed by atoms with van der Waals surface area (Å²) in [5, 5.41) is 0. The monoisotopic (exact) mass is 193 g/mol. The first-order chi connectivity index (χ1) is 6.68. The van der Waals surface area contributed by atoms with E-state index in [0.29, 0.717) is 30.4 Å². The van der Waals surface area contributed by atoms with Gasteiger partial charge in [0, 0.05) is 6.92 Å². The van der Waals surface area contributed by atoms with Gasteiger partial charge in [-0.25, -0.2) is 4.98 Å². The maximum Gasteiger partial charge on any atom is 0.238 e. The third kappa shape index (κ3) is 1.37. The number of nitrogens with zero attached hydrogens (tertiary/aromatic N) is 2. The third-order valence-electron chi connectivity index (χ3n) is 2.08. The van der Waals surface area contributed by atoms with E-state index < -0.39 is 0 Å². The summed E-state index contributed by atoms with van der Waals surface area (Å²) in [6.45, 7) is 2.54. The van der Waals surface area contributed by atoms with Gasteiger partial charge < -0.3 is 15.4 Å². The zero-order valence-electron chi connectivity index (χ0n) is 7.86. The summed E-state index contributed by atoms with van der Waals surface area (Å²) in [6, 6.07) is 1.70. The van der Waals surface area contributed by atoms with Crippen molar-refractivity contribution in [2.24, 2.45) is 0 Å². The van der Waals surface area contributed by atoms with Gasteiger partial charge in [-0.05, 0) is 6.07 Å². The Labute approximate surface area is 81.5 Å². The number of fused-ring (bicyclic) bond motifs is 1. The van der Waals surface area contributed by atoms with Crippen molar-refractivity contribution in [3.8, 4) is 5.88 Å². The average molecular weight is 193 g/mol. The molecule has 1 aromatic rings. The zero-order valence-corrected chi connectivity index (χ0v) is 7.86. The van der Waals surface area contributed by atoms with Crippen LogP contribution in [0, 0.1) is 0 Å². The Morgan fingerprint density at radius 2 is 2.50 bits per heavy atom. The van der Waals surface area contributed by atoms with E-state index in [0.717, 1.165) is 0 Å². The first-order valence-corrected chi connectivity index (χ1v) is 4.35. The Morgan fingerprint density at radius 1 is 1.71 bits per heavy atom. The van der Waals surface area contributed by atoms with Crippen molar-refractivity contribution >= 4 is 17.3 Å². The molecular weight excluding hydrogens is 182 g/mol. The summed E-state index contributed by atoms with van der Waals surface area (Å²) in [6.07, 6.45) is 1.52. The fourth-order valence-electron chi connectivity index (χ4n) is 1.44. The van der Waals surface area contributed by atoms with Crippen molar-refractivity contribution in [3.63, 3.8) is 0 Å². The lowest BCUT2D eigenvalue weighted by atomic mass is 10.3. The molecule has 0 fully saturated rings. The van der Waals surface area contributed by atoms with Gasteiger partial charge in [-0.3, -0.25) is 4.79 Å². The van der Waals surface area contributed by atoms with E-state index in [9.17, 15) is 4.79 Å². The molecule has 1 aromatic heterocycles. The second-order valence-corrected chi connectivity index (χ2v) is 3.11. The Bertz CT molecular complexity index is 378. The van der Waals surface area contributed by atoms with Crippen LogP contribution < -0.4 is 15.4 Å². The SMILES string of the molecule is CC(=O)N1CCOc2ncc(N)cc21. The van der Waals surface area contributed by atoms with Crippen molar-refractivity contribution in [2.45, 2.75) is 6.92 Å². The number of amides is 1. The van der Waals surface area contributed by atoms with Gasteiger partial charge in [0.15, 0.2) is 0 Å². The largest absolute Gasteiger partial charge is 0.474 e. The van der Waals surface area contributed by atoms with E-state index in [-0.39, 0.29) is 5.91 Å². The molecule has 0 unspecified atom stereocenters. The van der Waals surface area contributed by atoms with E-state index in [1.807, 2.05) is 0 Å². The molecule has 1 aliphatic rings. The number of rotatable bonds is 0. The summed E-state index contributed by atoms with van der Waals surface area (Å²) >= 11 is 0. The highest BCUT2D eigenvalue weighted by Crippen LogP contribution is 2.30. The number of aromatic nitrogens is 1. The number of hydrogen-bond donors (Lipinski definition) is 1. The molecule has 1 aliphatic heterocycles. The molecule has 0 spiro atoms. The van der Waals surface area contributed by atoms with Gasteiger partial charge in [-0.2, -0.15) is 0 Å². The van der Waals surface area contributed by atoms with Crippen LogP contribution in [-0.4, -0.2) is 24.0 Å². The molecule has 0 bridgehead atoms. The number of nitrogen functional groups attached to an aromatic ring is 1. The number of carbonyl (C=O) groups excluding carboxylic acids is 1. The molecule has 1 amide bonds. The summed E-state index contributed by atoms with van der Waals surface area (Å²) < 4.78 is 5.30. The minimum Gasteiger partial charge on any atom is -0.474 e. The number of carbonyl (C=O) groups is 1. The highest BCUT2D eigenvalue weighted by molar-refractivity contribution is 5.93. The van der Waals surface area contributed by atoms with Crippen LogP contribution in [0.2, 0.25) is 0 Å². The van der Waals surface area contributed by atoms with Crippen LogP contribution in [0.1, 0.15) is 6.92 Å². The molecule has 14 heavy (non-hydrogen) atoms. The Morgan fingerprint density at radius 3 is 3.21 bits per heavy atom. The summed E-state index contributed by atoms with van der Waals surface area (Å²) in [5.41, 5.74) is 6.77. The molecule has 0 saturated carbocycles. The van der Waals surface area contributed by atoms with Crippen LogP contribution in [0.25, 0.3) is 0 Å². The van der Waals surface area contributed by atoms with E-state index in [2.05, 4.69) is 4.98 Å². The summed E-state index contributed by atoms with van der Waals surface area (Å²) in [7, 11) is 0. The summed E-state index contributed by atoms with van der Waals surface area (Å²) in [4.78, 5) is 16.9. The van der Waals surface area contributed by atoms with Gasteiger partial charge in [0.05, 0.1) is 18.4 Å². The molecule has 74 valence electrons. The number of nitrogens with two attached hydrogens (primary N) is 1. The van der Waals surface area contributed by atoms with Gasteiger partial charge >= 0.3 is 0 Å². The number of anilines is 2. The van der Waals surface area contributed by atoms with Crippen molar-refractivity contribution in [1.82, 2.24) is 4.98 Å². The lowest BCUT2D eigenvalue weighted by Gasteiger charge is -2.27. The molecule has 2 heterocycles. The van der Waals surface area contributed by atoms with E-state index in [1.54, 1.807) is 11.0 Å². The van der Waals surface area contributed by atoms with Crippen LogP contribution in [0.5, 0.6) is 5.88 Å². The quantitative estimate of drug-likeness (QED) is 0.648. The molecule has 0 atom stereocenters. The van der Waals surface area contributed by atoms with Crippen LogP contribution >= 0.6 is 0 Å². The molecule has 0 saturated heterocycles. The molecule has 2 rings (SSSR count). The van der Waals surface area contributed by atoms with Gasteiger partial charge in [0.25, 0.3) is 0 Å². The van der Waals surface area contributed by atoms with E-state index in [1.165, 1.54) is 13.1 Å². The van der Waals surface area contributed by atoms with Crippen molar-refractivity contribution in [1.29, 1.82) is 0 Å². The summed E-state index contributed by atoms with van der Waals surface area (Å²) in [5.74, 6) is 0.447. The lowest BCUT2D eigenvalue weighted by molar-refractivity contribution is -0.116. The van der Waals surface area contributed by atoms with Crippen molar-refractivity contribution < 1.29 is 9.53 Å². The van der Waals surface area contributed by atoms with Gasteiger partial charge in [0.2, 0.25) is 11.8 Å². The van der Waals surface area contributed by atoms with Gasteiger partial charge in [-0.1, -0.05) is 0 Å². The normalized spacial score (nSPS) is 14.5. The molecule has 0 radical (unpaired) electrons. The fraction of sp³-hybridized carbons (Fsp3) is 0.333. The predicted molar refractivity (Wildman–Crippen MR) is 52.2 cm³/mol. The third-order valence-corrected chi connectivity index (χ3v) is 2.08. The Balaban J connectivity index is 2.46. The first-order valence-electron chi connectivity index (χ1n) is 4.35.